The minimum atomic E-state index is -0.0413. The highest BCUT2D eigenvalue weighted by atomic mass is 35.5. The molecule has 0 unspecified atom stereocenters. The van der Waals surface area contributed by atoms with E-state index < -0.39 is 0 Å². The van der Waals surface area contributed by atoms with Gasteiger partial charge in [-0.2, -0.15) is 0 Å². The molecule has 0 spiro atoms. The van der Waals surface area contributed by atoms with E-state index in [4.69, 9.17) is 0 Å². The van der Waals surface area contributed by atoms with Crippen LogP contribution in [0.15, 0.2) is 0 Å². The van der Waals surface area contributed by atoms with Crippen molar-refractivity contribution in [3.8, 4) is 0 Å². The van der Waals surface area contributed by atoms with Crippen LogP contribution < -0.4 is 10.6 Å². The van der Waals surface area contributed by atoms with Crippen molar-refractivity contribution < 1.29 is 9.59 Å². The summed E-state index contributed by atoms with van der Waals surface area (Å²) in [5.74, 6) is 0.0626. The highest BCUT2D eigenvalue weighted by Gasteiger charge is 2.22. The lowest BCUT2D eigenvalue weighted by Gasteiger charge is -2.27. The van der Waals surface area contributed by atoms with Gasteiger partial charge in [-0.1, -0.05) is 0 Å². The van der Waals surface area contributed by atoms with Crippen molar-refractivity contribution in [2.75, 3.05) is 52.4 Å². The Balaban J connectivity index is 0.00000180. The highest BCUT2D eigenvalue weighted by Crippen LogP contribution is 2.08. The van der Waals surface area contributed by atoms with Gasteiger partial charge in [-0.25, -0.2) is 0 Å². The van der Waals surface area contributed by atoms with Gasteiger partial charge in [-0.15, -0.1) is 12.4 Å². The first-order chi connectivity index (χ1) is 8.75. The maximum absolute atomic E-state index is 11.7. The van der Waals surface area contributed by atoms with Crippen molar-refractivity contribution in [3.05, 3.63) is 0 Å². The molecule has 0 aromatic heterocycles. The number of piperazine rings is 1. The second-order valence-electron chi connectivity index (χ2n) is 4.86. The van der Waals surface area contributed by atoms with E-state index in [2.05, 4.69) is 15.5 Å². The molecule has 19 heavy (non-hydrogen) atoms. The van der Waals surface area contributed by atoms with Crippen molar-refractivity contribution in [3.63, 3.8) is 0 Å². The van der Waals surface area contributed by atoms with Crippen LogP contribution in [0.25, 0.3) is 0 Å². The standard InChI is InChI=1S/C12H22N4O2.ClH/c17-11(10-16-6-1-2-12(16)18)14-5-9-15-7-3-13-4-8-15;/h13H,1-10H2,(H,14,17);1H. The minimum Gasteiger partial charge on any atom is -0.353 e. The molecule has 2 heterocycles. The number of hydrogen-bond donors (Lipinski definition) is 2. The molecule has 2 rings (SSSR count). The number of amides is 2. The lowest BCUT2D eigenvalue weighted by atomic mass is 10.3. The summed E-state index contributed by atoms with van der Waals surface area (Å²) < 4.78 is 0. The van der Waals surface area contributed by atoms with Crippen molar-refractivity contribution in [1.29, 1.82) is 0 Å². The number of rotatable bonds is 5. The number of likely N-dealkylation sites (tertiary alicyclic amines) is 1. The van der Waals surface area contributed by atoms with Gasteiger partial charge in [0.1, 0.15) is 0 Å². The van der Waals surface area contributed by atoms with E-state index in [-0.39, 0.29) is 30.8 Å². The summed E-state index contributed by atoms with van der Waals surface area (Å²) in [6.45, 7) is 6.64. The van der Waals surface area contributed by atoms with E-state index in [0.29, 0.717) is 13.0 Å². The highest BCUT2D eigenvalue weighted by molar-refractivity contribution is 5.86. The zero-order chi connectivity index (χ0) is 12.8. The van der Waals surface area contributed by atoms with E-state index >= 15 is 0 Å². The lowest BCUT2D eigenvalue weighted by Crippen LogP contribution is -2.47. The van der Waals surface area contributed by atoms with Crippen LogP contribution >= 0.6 is 12.4 Å². The van der Waals surface area contributed by atoms with Crippen LogP contribution in [0.2, 0.25) is 0 Å². The Hall–Kier alpha value is -0.850. The largest absolute Gasteiger partial charge is 0.353 e. The van der Waals surface area contributed by atoms with Crippen molar-refractivity contribution in [1.82, 2.24) is 20.4 Å². The fourth-order valence-electron chi connectivity index (χ4n) is 2.39. The number of nitrogens with zero attached hydrogens (tertiary/aromatic N) is 2. The van der Waals surface area contributed by atoms with Crippen LogP contribution in [0.3, 0.4) is 0 Å². The molecule has 2 amide bonds. The molecular weight excluding hydrogens is 268 g/mol. The third-order valence-electron chi connectivity index (χ3n) is 3.47. The van der Waals surface area contributed by atoms with Crippen LogP contribution in [-0.4, -0.2) is 74.0 Å². The molecule has 110 valence electrons. The maximum Gasteiger partial charge on any atom is 0.239 e. The number of carbonyl (C=O) groups is 2. The number of nitrogens with one attached hydrogen (secondary N) is 2. The van der Waals surface area contributed by atoms with Gasteiger partial charge in [-0.05, 0) is 6.42 Å². The first kappa shape index (κ1) is 16.2. The summed E-state index contributed by atoms with van der Waals surface area (Å²) in [6, 6.07) is 0. The van der Waals surface area contributed by atoms with Crippen LogP contribution in [0.1, 0.15) is 12.8 Å². The minimum absolute atomic E-state index is 0. The fraction of sp³-hybridized carbons (Fsp3) is 0.833. The fourth-order valence-corrected chi connectivity index (χ4v) is 2.39. The first-order valence-electron chi connectivity index (χ1n) is 6.73. The third-order valence-corrected chi connectivity index (χ3v) is 3.47. The van der Waals surface area contributed by atoms with Gasteiger partial charge >= 0.3 is 0 Å². The molecule has 0 bridgehead atoms. The molecule has 0 radical (unpaired) electrons. The van der Waals surface area contributed by atoms with Crippen LogP contribution in [0, 0.1) is 0 Å². The van der Waals surface area contributed by atoms with Crippen molar-refractivity contribution >= 4 is 24.2 Å². The predicted molar refractivity (Wildman–Crippen MR) is 75.4 cm³/mol. The molecule has 0 saturated carbocycles. The molecule has 6 nitrogen and oxygen atoms in total. The van der Waals surface area contributed by atoms with Gasteiger partial charge in [0.25, 0.3) is 0 Å². The average Bonchev–Trinajstić information content (AvgIpc) is 2.76. The zero-order valence-electron chi connectivity index (χ0n) is 11.2. The normalized spacial score (nSPS) is 20.2. The van der Waals surface area contributed by atoms with E-state index in [1.54, 1.807) is 4.90 Å². The SMILES string of the molecule is Cl.O=C(CN1CCCC1=O)NCCN1CCNCC1. The molecule has 2 N–H and O–H groups in total. The van der Waals surface area contributed by atoms with E-state index in [1.807, 2.05) is 0 Å². The van der Waals surface area contributed by atoms with Crippen LogP contribution in [0.5, 0.6) is 0 Å². The molecule has 2 saturated heterocycles. The van der Waals surface area contributed by atoms with Gasteiger partial charge in [0.05, 0.1) is 6.54 Å². The summed E-state index contributed by atoms with van der Waals surface area (Å²) in [4.78, 5) is 27.0. The molecular formula is C12H23ClN4O2. The molecule has 7 heteroatoms. The summed E-state index contributed by atoms with van der Waals surface area (Å²) in [5, 5.41) is 6.18. The Morgan fingerprint density at radius 1 is 1.26 bits per heavy atom. The Bertz CT molecular complexity index is 308. The average molecular weight is 291 g/mol. The van der Waals surface area contributed by atoms with Gasteiger partial charge in [0.15, 0.2) is 0 Å². The first-order valence-corrected chi connectivity index (χ1v) is 6.73. The molecule has 2 fully saturated rings. The lowest BCUT2D eigenvalue weighted by molar-refractivity contribution is -0.133. The summed E-state index contributed by atoms with van der Waals surface area (Å²) >= 11 is 0. The summed E-state index contributed by atoms with van der Waals surface area (Å²) in [7, 11) is 0. The Morgan fingerprint density at radius 3 is 2.63 bits per heavy atom. The number of carbonyl (C=O) groups excluding carboxylic acids is 2. The molecule has 0 aromatic rings. The van der Waals surface area contributed by atoms with Crippen molar-refractivity contribution in [2.45, 2.75) is 12.8 Å². The second kappa shape index (κ2) is 8.35. The van der Waals surface area contributed by atoms with Crippen molar-refractivity contribution in [2.24, 2.45) is 0 Å². The maximum atomic E-state index is 11.7. The third kappa shape index (κ3) is 5.34. The van der Waals surface area contributed by atoms with E-state index in [9.17, 15) is 9.59 Å². The second-order valence-corrected chi connectivity index (χ2v) is 4.86. The van der Waals surface area contributed by atoms with Crippen LogP contribution in [0.4, 0.5) is 0 Å². The van der Waals surface area contributed by atoms with E-state index in [0.717, 1.165) is 45.7 Å². The number of halogens is 1. The zero-order valence-corrected chi connectivity index (χ0v) is 12.0. The quantitative estimate of drug-likeness (QED) is 0.685. The smallest absolute Gasteiger partial charge is 0.239 e. The monoisotopic (exact) mass is 290 g/mol. The van der Waals surface area contributed by atoms with Gasteiger partial charge < -0.3 is 15.5 Å². The molecule has 2 aliphatic heterocycles. The van der Waals surface area contributed by atoms with Crippen LogP contribution in [-0.2, 0) is 9.59 Å². The Morgan fingerprint density at radius 2 is 2.00 bits per heavy atom. The van der Waals surface area contributed by atoms with Gasteiger partial charge in [-0.3, -0.25) is 14.5 Å². The molecule has 0 aromatic carbocycles. The molecule has 0 aliphatic carbocycles. The van der Waals surface area contributed by atoms with Gasteiger partial charge in [0.2, 0.25) is 11.8 Å². The number of hydrogen-bond acceptors (Lipinski definition) is 4. The summed E-state index contributed by atoms with van der Waals surface area (Å²) in [6.07, 6.45) is 1.47. The predicted octanol–water partition coefficient (Wildman–Crippen LogP) is -0.948. The Labute approximate surface area is 120 Å². The molecule has 0 atom stereocenters. The van der Waals surface area contributed by atoms with E-state index in [1.165, 1.54) is 0 Å². The Kier molecular flexibility index (Phi) is 7.12. The molecule has 2 aliphatic rings. The summed E-state index contributed by atoms with van der Waals surface area (Å²) in [5.41, 5.74) is 0. The topological polar surface area (TPSA) is 64.7 Å². The van der Waals surface area contributed by atoms with Gasteiger partial charge in [0, 0.05) is 52.2 Å².